The van der Waals surface area contributed by atoms with Gasteiger partial charge in [0.15, 0.2) is 0 Å². The lowest BCUT2D eigenvalue weighted by Crippen LogP contribution is -1.80. The maximum atomic E-state index is 6.46. The van der Waals surface area contributed by atoms with E-state index in [9.17, 15) is 0 Å². The van der Waals surface area contributed by atoms with E-state index < -0.39 is 0 Å². The Balaban J connectivity index is 1.86. The van der Waals surface area contributed by atoms with Crippen molar-refractivity contribution in [3.05, 3.63) is 95.5 Å². The van der Waals surface area contributed by atoms with Gasteiger partial charge < -0.3 is 4.42 Å². The van der Waals surface area contributed by atoms with E-state index in [4.69, 9.17) is 4.42 Å². The predicted octanol–water partition coefficient (Wildman–Crippen LogP) is 7.68. The van der Waals surface area contributed by atoms with E-state index in [-0.39, 0.29) is 0 Å². The number of furan rings is 1. The first kappa shape index (κ1) is 15.4. The molecule has 0 spiro atoms. The van der Waals surface area contributed by atoms with Crippen LogP contribution in [-0.4, -0.2) is 0 Å². The van der Waals surface area contributed by atoms with Crippen LogP contribution in [-0.2, 0) is 0 Å². The summed E-state index contributed by atoms with van der Waals surface area (Å²) in [6, 6.07) is 31.4. The van der Waals surface area contributed by atoms with Crippen LogP contribution in [0.3, 0.4) is 0 Å². The van der Waals surface area contributed by atoms with Crippen LogP contribution >= 0.6 is 15.9 Å². The number of hydrogen-bond donors (Lipinski definition) is 0. The van der Waals surface area contributed by atoms with Crippen LogP contribution < -0.4 is 0 Å². The molecule has 5 aromatic rings. The van der Waals surface area contributed by atoms with Crippen LogP contribution in [0.4, 0.5) is 0 Å². The van der Waals surface area contributed by atoms with Crippen LogP contribution in [0.25, 0.3) is 44.2 Å². The molecular formula is C24H15BrO. The van der Waals surface area contributed by atoms with Crippen molar-refractivity contribution in [3.63, 3.8) is 0 Å². The molecule has 0 aliphatic rings. The summed E-state index contributed by atoms with van der Waals surface area (Å²) in [5.41, 5.74) is 6.39. The third kappa shape index (κ3) is 2.38. The molecule has 1 aromatic heterocycles. The summed E-state index contributed by atoms with van der Waals surface area (Å²) in [5.74, 6) is 0. The monoisotopic (exact) mass is 398 g/mol. The summed E-state index contributed by atoms with van der Waals surface area (Å²) in [4.78, 5) is 0. The highest BCUT2D eigenvalue weighted by atomic mass is 79.9. The zero-order valence-electron chi connectivity index (χ0n) is 13.9. The third-order valence-corrected chi connectivity index (χ3v) is 5.46. The van der Waals surface area contributed by atoms with Gasteiger partial charge in [0.05, 0.1) is 0 Å². The maximum absolute atomic E-state index is 6.46. The highest BCUT2D eigenvalue weighted by molar-refractivity contribution is 9.10. The fourth-order valence-corrected chi connectivity index (χ4v) is 4.06. The van der Waals surface area contributed by atoms with E-state index >= 15 is 0 Å². The molecule has 4 aromatic carbocycles. The number of benzene rings is 4. The molecule has 124 valence electrons. The second-order valence-corrected chi connectivity index (χ2v) is 7.17. The van der Waals surface area contributed by atoms with Crippen molar-refractivity contribution < 1.29 is 4.42 Å². The Morgan fingerprint density at radius 1 is 0.500 bits per heavy atom. The molecule has 2 heteroatoms. The second kappa shape index (κ2) is 6.15. The summed E-state index contributed by atoms with van der Waals surface area (Å²) in [6.45, 7) is 0. The molecule has 0 aliphatic heterocycles. The Bertz CT molecular complexity index is 1240. The van der Waals surface area contributed by atoms with Crippen molar-refractivity contribution in [1.29, 1.82) is 0 Å². The lowest BCUT2D eigenvalue weighted by atomic mass is 10.0. The van der Waals surface area contributed by atoms with Crippen molar-refractivity contribution in [1.82, 2.24) is 0 Å². The normalized spacial score (nSPS) is 11.3. The largest absolute Gasteiger partial charge is 0.455 e. The second-order valence-electron chi connectivity index (χ2n) is 6.31. The number of fused-ring (bicyclic) bond motifs is 3. The number of para-hydroxylation sites is 2. The van der Waals surface area contributed by atoms with Gasteiger partial charge in [0, 0.05) is 26.4 Å². The molecule has 0 amide bonds. The third-order valence-electron chi connectivity index (χ3n) is 4.77. The molecule has 0 atom stereocenters. The zero-order valence-corrected chi connectivity index (χ0v) is 15.5. The Hall–Kier alpha value is -2.84. The fraction of sp³-hybridized carbons (Fsp3) is 0. The summed E-state index contributed by atoms with van der Waals surface area (Å²) in [7, 11) is 0. The molecule has 26 heavy (non-hydrogen) atoms. The predicted molar refractivity (Wildman–Crippen MR) is 112 cm³/mol. The molecule has 1 nitrogen and oxygen atoms in total. The topological polar surface area (TPSA) is 13.1 Å². The minimum Gasteiger partial charge on any atom is -0.455 e. The van der Waals surface area contributed by atoms with E-state index in [1.54, 1.807) is 0 Å². The summed E-state index contributed by atoms with van der Waals surface area (Å²) in [6.07, 6.45) is 0. The summed E-state index contributed by atoms with van der Waals surface area (Å²) in [5, 5.41) is 2.29. The Morgan fingerprint density at radius 2 is 1.08 bits per heavy atom. The Morgan fingerprint density at radius 3 is 1.81 bits per heavy atom. The number of halogens is 1. The van der Waals surface area contributed by atoms with E-state index in [0.717, 1.165) is 43.1 Å². The quantitative estimate of drug-likeness (QED) is 0.297. The zero-order chi connectivity index (χ0) is 17.5. The molecule has 5 rings (SSSR count). The molecule has 0 saturated carbocycles. The number of rotatable bonds is 2. The van der Waals surface area contributed by atoms with Gasteiger partial charge in [0.1, 0.15) is 11.2 Å². The van der Waals surface area contributed by atoms with E-state index in [2.05, 4.69) is 94.8 Å². The SMILES string of the molecule is Brc1ccccc1-c1cccc2c1oc1c(-c3ccccc3)cccc12. The first-order chi connectivity index (χ1) is 12.8. The van der Waals surface area contributed by atoms with E-state index in [0.29, 0.717) is 0 Å². The van der Waals surface area contributed by atoms with Gasteiger partial charge in [-0.3, -0.25) is 0 Å². The van der Waals surface area contributed by atoms with Gasteiger partial charge >= 0.3 is 0 Å². The highest BCUT2D eigenvalue weighted by Gasteiger charge is 2.16. The fourth-order valence-electron chi connectivity index (χ4n) is 3.56. The van der Waals surface area contributed by atoms with Gasteiger partial charge in [-0.1, -0.05) is 101 Å². The molecule has 0 radical (unpaired) electrons. The standard InChI is InChI=1S/C24H15BrO/c25-22-15-5-4-10-18(22)19-12-7-14-21-20-13-6-11-17(23(20)26-24(19)21)16-8-2-1-3-9-16/h1-15H. The molecule has 0 bridgehead atoms. The molecule has 0 N–H and O–H groups in total. The van der Waals surface area contributed by atoms with Gasteiger partial charge in [-0.2, -0.15) is 0 Å². The minimum absolute atomic E-state index is 0.929. The first-order valence-corrected chi connectivity index (χ1v) is 9.37. The van der Waals surface area contributed by atoms with Gasteiger partial charge in [0.2, 0.25) is 0 Å². The van der Waals surface area contributed by atoms with Crippen molar-refractivity contribution in [2.45, 2.75) is 0 Å². The van der Waals surface area contributed by atoms with Crippen LogP contribution in [0.15, 0.2) is 99.9 Å². The number of hydrogen-bond acceptors (Lipinski definition) is 1. The molecule has 0 saturated heterocycles. The summed E-state index contributed by atoms with van der Waals surface area (Å²) >= 11 is 3.67. The molecule has 0 unspecified atom stereocenters. The Kier molecular flexibility index (Phi) is 3.65. The van der Waals surface area contributed by atoms with Crippen LogP contribution in [0.1, 0.15) is 0 Å². The van der Waals surface area contributed by atoms with Gasteiger partial charge in [0.25, 0.3) is 0 Å². The lowest BCUT2D eigenvalue weighted by molar-refractivity contribution is 0.671. The van der Waals surface area contributed by atoms with Crippen LogP contribution in [0.2, 0.25) is 0 Å². The van der Waals surface area contributed by atoms with Crippen LogP contribution in [0.5, 0.6) is 0 Å². The average molecular weight is 399 g/mol. The average Bonchev–Trinajstić information content (AvgIpc) is 3.08. The maximum Gasteiger partial charge on any atom is 0.143 e. The lowest BCUT2D eigenvalue weighted by Gasteiger charge is -2.05. The van der Waals surface area contributed by atoms with Crippen molar-refractivity contribution in [2.24, 2.45) is 0 Å². The summed E-state index contributed by atoms with van der Waals surface area (Å²) < 4.78 is 7.52. The van der Waals surface area contributed by atoms with Gasteiger partial charge in [-0.25, -0.2) is 0 Å². The smallest absolute Gasteiger partial charge is 0.143 e. The van der Waals surface area contributed by atoms with Crippen molar-refractivity contribution in [2.75, 3.05) is 0 Å². The van der Waals surface area contributed by atoms with E-state index in [1.165, 1.54) is 5.56 Å². The molecule has 1 heterocycles. The molecule has 0 fully saturated rings. The van der Waals surface area contributed by atoms with Gasteiger partial charge in [-0.15, -0.1) is 0 Å². The Labute approximate surface area is 160 Å². The molecular weight excluding hydrogens is 384 g/mol. The van der Waals surface area contributed by atoms with E-state index in [1.807, 2.05) is 12.1 Å². The van der Waals surface area contributed by atoms with Crippen molar-refractivity contribution >= 4 is 37.9 Å². The minimum atomic E-state index is 0.929. The van der Waals surface area contributed by atoms with Crippen molar-refractivity contribution in [3.8, 4) is 22.3 Å². The first-order valence-electron chi connectivity index (χ1n) is 8.57. The highest BCUT2D eigenvalue weighted by Crippen LogP contribution is 2.41. The van der Waals surface area contributed by atoms with Crippen LogP contribution in [0, 0.1) is 0 Å². The molecule has 0 aliphatic carbocycles. The van der Waals surface area contributed by atoms with Gasteiger partial charge in [-0.05, 0) is 17.2 Å².